The molecule has 2 N–H and O–H groups in total. The minimum atomic E-state index is 0. The zero-order valence-electron chi connectivity index (χ0n) is 18.3. The first-order valence-corrected chi connectivity index (χ1v) is 11.1. The molecule has 2 heterocycles. The highest BCUT2D eigenvalue weighted by Crippen LogP contribution is 2.25. The van der Waals surface area contributed by atoms with Crippen LogP contribution in [-0.4, -0.2) is 75.7 Å². The standard InChI is InChI=1S/C22H31N5O2S.HI/c1-23-22(24-15-17-6-8-18(9-7-17)21(28)26(2)3)25-16-19(20-5-4-14-30-20)27-10-12-29-13-11-27;/h4-9,14,19H,10-13,15-16H2,1-3H3,(H2,23,24,25);1H. The predicted molar refractivity (Wildman–Crippen MR) is 138 cm³/mol. The van der Waals surface area contributed by atoms with Crippen molar-refractivity contribution in [3.63, 3.8) is 0 Å². The van der Waals surface area contributed by atoms with Gasteiger partial charge in [0.05, 0.1) is 19.3 Å². The summed E-state index contributed by atoms with van der Waals surface area (Å²) in [7, 11) is 5.30. The molecule has 1 aliphatic heterocycles. The fraction of sp³-hybridized carbons (Fsp3) is 0.455. The number of morpholine rings is 1. The fourth-order valence-electron chi connectivity index (χ4n) is 3.40. The summed E-state index contributed by atoms with van der Waals surface area (Å²) < 4.78 is 5.52. The summed E-state index contributed by atoms with van der Waals surface area (Å²) in [4.78, 5) is 21.8. The lowest BCUT2D eigenvalue weighted by atomic mass is 10.1. The predicted octanol–water partition coefficient (Wildman–Crippen LogP) is 2.81. The third-order valence-corrected chi connectivity index (χ3v) is 6.09. The molecular weight excluding hydrogens is 525 g/mol. The Balaban J connectivity index is 0.00000341. The number of guanidine groups is 1. The second-order valence-corrected chi connectivity index (χ2v) is 8.36. The largest absolute Gasteiger partial charge is 0.379 e. The summed E-state index contributed by atoms with van der Waals surface area (Å²) in [6, 6.07) is 12.3. The van der Waals surface area contributed by atoms with Crippen LogP contribution in [0.15, 0.2) is 46.8 Å². The van der Waals surface area contributed by atoms with Gasteiger partial charge in [0.25, 0.3) is 5.91 Å². The molecule has 1 aromatic carbocycles. The quantitative estimate of drug-likeness (QED) is 0.312. The highest BCUT2D eigenvalue weighted by atomic mass is 127. The maximum Gasteiger partial charge on any atom is 0.253 e. The second kappa shape index (κ2) is 13.0. The molecule has 2 aromatic rings. The molecule has 0 radical (unpaired) electrons. The van der Waals surface area contributed by atoms with Crippen molar-refractivity contribution in [2.24, 2.45) is 4.99 Å². The highest BCUT2D eigenvalue weighted by Gasteiger charge is 2.23. The number of rotatable bonds is 7. The van der Waals surface area contributed by atoms with Crippen LogP contribution in [0.25, 0.3) is 0 Å². The molecule has 1 amide bonds. The maximum absolute atomic E-state index is 12.0. The lowest BCUT2D eigenvalue weighted by Crippen LogP contribution is -2.46. The average molecular weight is 558 g/mol. The number of benzene rings is 1. The smallest absolute Gasteiger partial charge is 0.253 e. The second-order valence-electron chi connectivity index (χ2n) is 7.38. The van der Waals surface area contributed by atoms with Crippen molar-refractivity contribution in [3.8, 4) is 0 Å². The summed E-state index contributed by atoms with van der Waals surface area (Å²) in [5, 5.41) is 8.96. The van der Waals surface area contributed by atoms with E-state index in [0.717, 1.165) is 44.4 Å². The number of amides is 1. The number of nitrogens with one attached hydrogen (secondary N) is 2. The zero-order chi connectivity index (χ0) is 21.3. The molecule has 0 aliphatic carbocycles. The van der Waals surface area contributed by atoms with Crippen LogP contribution in [0.5, 0.6) is 0 Å². The molecule has 0 spiro atoms. The van der Waals surface area contributed by atoms with Crippen LogP contribution in [0, 0.1) is 0 Å². The monoisotopic (exact) mass is 557 g/mol. The normalized spacial score (nSPS) is 15.6. The van der Waals surface area contributed by atoms with E-state index >= 15 is 0 Å². The first kappa shape index (κ1) is 25.6. The average Bonchev–Trinajstić information content (AvgIpc) is 3.31. The van der Waals surface area contributed by atoms with Crippen LogP contribution < -0.4 is 10.6 Å². The van der Waals surface area contributed by atoms with Gasteiger partial charge in [-0.3, -0.25) is 14.7 Å². The van der Waals surface area contributed by atoms with E-state index in [1.165, 1.54) is 4.88 Å². The number of hydrogen-bond donors (Lipinski definition) is 2. The van der Waals surface area contributed by atoms with Gasteiger partial charge in [0.15, 0.2) is 5.96 Å². The van der Waals surface area contributed by atoms with Crippen molar-refractivity contribution in [2.75, 3.05) is 54.0 Å². The summed E-state index contributed by atoms with van der Waals surface area (Å²) in [5.74, 6) is 0.771. The number of nitrogens with zero attached hydrogens (tertiary/aromatic N) is 3. The van der Waals surface area contributed by atoms with Crippen LogP contribution >= 0.6 is 35.3 Å². The molecule has 0 saturated carbocycles. The number of thiophene rings is 1. The summed E-state index contributed by atoms with van der Waals surface area (Å²) in [6.45, 7) is 4.85. The van der Waals surface area contributed by atoms with E-state index in [1.807, 2.05) is 24.3 Å². The van der Waals surface area contributed by atoms with Gasteiger partial charge in [-0.25, -0.2) is 0 Å². The molecule has 0 bridgehead atoms. The van der Waals surface area contributed by atoms with E-state index in [1.54, 1.807) is 37.4 Å². The molecule has 170 valence electrons. The number of aliphatic imine (C=N–C) groups is 1. The van der Waals surface area contributed by atoms with Gasteiger partial charge < -0.3 is 20.3 Å². The van der Waals surface area contributed by atoms with Crippen molar-refractivity contribution >= 4 is 47.2 Å². The Morgan fingerprint density at radius 3 is 2.48 bits per heavy atom. The van der Waals surface area contributed by atoms with E-state index in [0.29, 0.717) is 18.2 Å². The Kier molecular flexibility index (Phi) is 10.7. The molecule has 31 heavy (non-hydrogen) atoms. The molecule has 9 heteroatoms. The van der Waals surface area contributed by atoms with Gasteiger partial charge in [-0.2, -0.15) is 0 Å². The van der Waals surface area contributed by atoms with E-state index < -0.39 is 0 Å². The molecule has 1 unspecified atom stereocenters. The first-order chi connectivity index (χ1) is 14.6. The van der Waals surface area contributed by atoms with Gasteiger partial charge in [0.1, 0.15) is 0 Å². The molecule has 1 saturated heterocycles. The number of hydrogen-bond acceptors (Lipinski definition) is 5. The Labute approximate surface area is 205 Å². The highest BCUT2D eigenvalue weighted by molar-refractivity contribution is 14.0. The van der Waals surface area contributed by atoms with Crippen LogP contribution in [0.1, 0.15) is 26.8 Å². The lowest BCUT2D eigenvalue weighted by molar-refractivity contribution is 0.0177. The Morgan fingerprint density at radius 1 is 1.19 bits per heavy atom. The van der Waals surface area contributed by atoms with Gasteiger partial charge in [-0.15, -0.1) is 35.3 Å². The lowest BCUT2D eigenvalue weighted by Gasteiger charge is -2.34. The number of halogens is 1. The van der Waals surface area contributed by atoms with Crippen molar-refractivity contribution < 1.29 is 9.53 Å². The van der Waals surface area contributed by atoms with Crippen LogP contribution in [0.4, 0.5) is 0 Å². The van der Waals surface area contributed by atoms with E-state index in [-0.39, 0.29) is 29.9 Å². The Morgan fingerprint density at radius 2 is 1.90 bits per heavy atom. The SMILES string of the molecule is CN=C(NCc1ccc(C(=O)N(C)C)cc1)NCC(c1cccs1)N1CCOCC1.I. The Hall–Kier alpha value is -1.69. The van der Waals surface area contributed by atoms with Crippen molar-refractivity contribution in [3.05, 3.63) is 57.8 Å². The van der Waals surface area contributed by atoms with Crippen molar-refractivity contribution in [1.29, 1.82) is 0 Å². The van der Waals surface area contributed by atoms with Crippen molar-refractivity contribution in [1.82, 2.24) is 20.4 Å². The Bertz CT molecular complexity index is 821. The van der Waals surface area contributed by atoms with Gasteiger partial charge in [0.2, 0.25) is 0 Å². The van der Waals surface area contributed by atoms with Crippen molar-refractivity contribution in [2.45, 2.75) is 12.6 Å². The van der Waals surface area contributed by atoms with Gasteiger partial charge in [-0.05, 0) is 29.1 Å². The molecule has 7 nitrogen and oxygen atoms in total. The van der Waals surface area contributed by atoms with Gasteiger partial charge in [-0.1, -0.05) is 18.2 Å². The van der Waals surface area contributed by atoms with Gasteiger partial charge in [0, 0.05) is 57.8 Å². The third kappa shape index (κ3) is 7.44. The van der Waals surface area contributed by atoms with E-state index in [2.05, 4.69) is 38.0 Å². The number of carbonyl (C=O) groups is 1. The molecule has 1 atom stereocenters. The van der Waals surface area contributed by atoms with Gasteiger partial charge >= 0.3 is 0 Å². The summed E-state index contributed by atoms with van der Waals surface area (Å²) in [5.41, 5.74) is 1.78. The fourth-order valence-corrected chi connectivity index (χ4v) is 4.26. The minimum absolute atomic E-state index is 0. The summed E-state index contributed by atoms with van der Waals surface area (Å²) >= 11 is 1.79. The van der Waals surface area contributed by atoms with Crippen LogP contribution in [0.3, 0.4) is 0 Å². The maximum atomic E-state index is 12.0. The summed E-state index contributed by atoms with van der Waals surface area (Å²) in [6.07, 6.45) is 0. The number of ether oxygens (including phenoxy) is 1. The molecular formula is C22H32IN5O2S. The topological polar surface area (TPSA) is 69.2 Å². The van der Waals surface area contributed by atoms with E-state index in [4.69, 9.17) is 4.74 Å². The molecule has 1 aliphatic rings. The zero-order valence-corrected chi connectivity index (χ0v) is 21.5. The number of carbonyl (C=O) groups excluding carboxylic acids is 1. The van der Waals surface area contributed by atoms with Crippen LogP contribution in [0.2, 0.25) is 0 Å². The molecule has 1 fully saturated rings. The molecule has 1 aromatic heterocycles. The van der Waals surface area contributed by atoms with Crippen LogP contribution in [-0.2, 0) is 11.3 Å². The molecule has 3 rings (SSSR count). The minimum Gasteiger partial charge on any atom is -0.379 e. The third-order valence-electron chi connectivity index (χ3n) is 5.11. The first-order valence-electron chi connectivity index (χ1n) is 10.2. The van der Waals surface area contributed by atoms with E-state index in [9.17, 15) is 4.79 Å².